The van der Waals surface area contributed by atoms with Gasteiger partial charge in [0.1, 0.15) is 17.1 Å². The van der Waals surface area contributed by atoms with Gasteiger partial charge in [0.2, 0.25) is 5.91 Å². The Kier molecular flexibility index (Phi) is 8.86. The van der Waals surface area contributed by atoms with E-state index in [1.54, 1.807) is 25.3 Å². The molecule has 0 aliphatic carbocycles. The zero-order chi connectivity index (χ0) is 25.4. The number of carboxylic acids is 1. The van der Waals surface area contributed by atoms with E-state index >= 15 is 0 Å². The molecule has 2 aromatic rings. The Morgan fingerprint density at radius 3 is 2.43 bits per heavy atom. The molecule has 2 amide bonds. The third-order valence-corrected chi connectivity index (χ3v) is 6.67. The number of hydrogen-bond acceptors (Lipinski definition) is 8. The zero-order valence-electron chi connectivity index (χ0n) is 19.6. The average molecular weight is 501 g/mol. The van der Waals surface area contributed by atoms with Gasteiger partial charge < -0.3 is 14.6 Å². The first-order chi connectivity index (χ1) is 16.7. The molecule has 3 rings (SSSR count). The van der Waals surface area contributed by atoms with Gasteiger partial charge in [-0.05, 0) is 60.9 Å². The number of amides is 2. The summed E-state index contributed by atoms with van der Waals surface area (Å²) in [6, 6.07) is 11.1. The fourth-order valence-electron chi connectivity index (χ4n) is 3.51. The first kappa shape index (κ1) is 26.2. The molecule has 2 heterocycles. The van der Waals surface area contributed by atoms with Crippen LogP contribution in [0.5, 0.6) is 5.75 Å². The molecule has 0 spiro atoms. The van der Waals surface area contributed by atoms with Crippen LogP contribution in [0.15, 0.2) is 42.6 Å². The maximum absolute atomic E-state index is 12.1. The highest BCUT2D eigenvalue weighted by Crippen LogP contribution is 2.35. The standard InChI is InChI=1S/C25H28N2O7S/c1-3-19-7-6-17(13-26-19)18(15-34-22(30)11-10-21(28)29)14-33-20-8-4-16(5-9-20)12-25(2)23(31)27-24(32)35-25/h4-9,13,18H,3,10-12,14-15H2,1-2H3,(H,28,29)(H,27,31,32). The van der Waals surface area contributed by atoms with Crippen LogP contribution in [0.1, 0.15) is 49.4 Å². The van der Waals surface area contributed by atoms with Gasteiger partial charge in [-0.2, -0.15) is 0 Å². The molecule has 35 heavy (non-hydrogen) atoms. The first-order valence-electron chi connectivity index (χ1n) is 11.3. The smallest absolute Gasteiger partial charge is 0.306 e. The summed E-state index contributed by atoms with van der Waals surface area (Å²) in [5.41, 5.74) is 2.67. The van der Waals surface area contributed by atoms with Crippen LogP contribution in [0.3, 0.4) is 0 Å². The summed E-state index contributed by atoms with van der Waals surface area (Å²) in [4.78, 5) is 50.6. The van der Waals surface area contributed by atoms with Gasteiger partial charge in [-0.25, -0.2) is 0 Å². The highest BCUT2D eigenvalue weighted by atomic mass is 32.2. The molecule has 1 saturated heterocycles. The highest BCUT2D eigenvalue weighted by Gasteiger charge is 2.43. The number of esters is 1. The van der Waals surface area contributed by atoms with Crippen molar-refractivity contribution in [3.05, 3.63) is 59.4 Å². The second-order valence-electron chi connectivity index (χ2n) is 8.42. The van der Waals surface area contributed by atoms with E-state index in [0.29, 0.717) is 12.2 Å². The summed E-state index contributed by atoms with van der Waals surface area (Å²) >= 11 is 0.991. The van der Waals surface area contributed by atoms with Crippen molar-refractivity contribution in [1.82, 2.24) is 10.3 Å². The highest BCUT2D eigenvalue weighted by molar-refractivity contribution is 8.16. The molecule has 2 atom stereocenters. The average Bonchev–Trinajstić information content (AvgIpc) is 3.09. The summed E-state index contributed by atoms with van der Waals surface area (Å²) in [6.07, 6.45) is 2.45. The van der Waals surface area contributed by atoms with Crippen LogP contribution < -0.4 is 10.1 Å². The van der Waals surface area contributed by atoms with E-state index in [1.807, 2.05) is 31.2 Å². The minimum absolute atomic E-state index is 0.0302. The number of aromatic nitrogens is 1. The zero-order valence-corrected chi connectivity index (χ0v) is 20.4. The van der Waals surface area contributed by atoms with Crippen molar-refractivity contribution in [2.75, 3.05) is 13.2 Å². The van der Waals surface area contributed by atoms with Crippen molar-refractivity contribution < 1.29 is 33.8 Å². The third-order valence-electron chi connectivity index (χ3n) is 5.60. The summed E-state index contributed by atoms with van der Waals surface area (Å²) in [5.74, 6) is -1.64. The topological polar surface area (TPSA) is 132 Å². The molecule has 0 saturated carbocycles. The van der Waals surface area contributed by atoms with Gasteiger partial charge in [0.25, 0.3) is 5.24 Å². The number of aliphatic carboxylic acids is 1. The summed E-state index contributed by atoms with van der Waals surface area (Å²) in [6.45, 7) is 3.99. The number of hydrogen-bond donors (Lipinski definition) is 2. The third kappa shape index (κ3) is 7.54. The van der Waals surface area contributed by atoms with Gasteiger partial charge in [0.15, 0.2) is 0 Å². The number of carbonyl (C=O) groups is 4. The Morgan fingerprint density at radius 1 is 1.11 bits per heavy atom. The summed E-state index contributed by atoms with van der Waals surface area (Å²) in [5, 5.41) is 10.7. The number of carboxylic acid groups (broad SMARTS) is 1. The fourth-order valence-corrected chi connectivity index (χ4v) is 4.44. The van der Waals surface area contributed by atoms with Crippen LogP contribution in [-0.2, 0) is 32.0 Å². The Bertz CT molecular complexity index is 1070. The molecule has 10 heteroatoms. The van der Waals surface area contributed by atoms with E-state index in [2.05, 4.69) is 10.3 Å². The largest absolute Gasteiger partial charge is 0.493 e. The minimum Gasteiger partial charge on any atom is -0.493 e. The lowest BCUT2D eigenvalue weighted by Gasteiger charge is -2.20. The Morgan fingerprint density at radius 2 is 1.86 bits per heavy atom. The quantitative estimate of drug-likeness (QED) is 0.420. The van der Waals surface area contributed by atoms with E-state index in [0.717, 1.165) is 35.0 Å². The van der Waals surface area contributed by atoms with Gasteiger partial charge >= 0.3 is 11.9 Å². The molecule has 9 nitrogen and oxygen atoms in total. The van der Waals surface area contributed by atoms with E-state index in [4.69, 9.17) is 14.6 Å². The number of thioether (sulfide) groups is 1. The van der Waals surface area contributed by atoms with Gasteiger partial charge in [0, 0.05) is 11.9 Å². The van der Waals surface area contributed by atoms with Gasteiger partial charge in [-0.3, -0.25) is 29.5 Å². The van der Waals surface area contributed by atoms with Crippen LogP contribution in [-0.4, -0.2) is 51.1 Å². The molecule has 1 aromatic heterocycles. The first-order valence-corrected chi connectivity index (χ1v) is 12.1. The second-order valence-corrected chi connectivity index (χ2v) is 9.89. The van der Waals surface area contributed by atoms with Crippen LogP contribution in [0.2, 0.25) is 0 Å². The fraction of sp³-hybridized carbons (Fsp3) is 0.400. The van der Waals surface area contributed by atoms with E-state index < -0.39 is 16.7 Å². The molecule has 1 aromatic carbocycles. The van der Waals surface area contributed by atoms with Gasteiger partial charge in [0.05, 0.1) is 25.4 Å². The number of pyridine rings is 1. The monoisotopic (exact) mass is 500 g/mol. The maximum atomic E-state index is 12.1. The predicted molar refractivity (Wildman–Crippen MR) is 129 cm³/mol. The van der Waals surface area contributed by atoms with E-state index in [-0.39, 0.29) is 43.1 Å². The molecule has 2 N–H and O–H groups in total. The van der Waals surface area contributed by atoms with Crippen molar-refractivity contribution in [1.29, 1.82) is 0 Å². The molecular formula is C25H28N2O7S. The molecule has 1 aliphatic heterocycles. The summed E-state index contributed by atoms with van der Waals surface area (Å²) < 4.78 is 10.4. The second kappa shape index (κ2) is 11.8. The van der Waals surface area contributed by atoms with Gasteiger partial charge in [-0.1, -0.05) is 25.1 Å². The molecule has 1 fully saturated rings. The maximum Gasteiger partial charge on any atom is 0.306 e. The Labute approximate surface area is 207 Å². The molecule has 0 radical (unpaired) electrons. The number of carbonyl (C=O) groups excluding carboxylic acids is 3. The van der Waals surface area contributed by atoms with Crippen LogP contribution in [0, 0.1) is 0 Å². The van der Waals surface area contributed by atoms with Crippen molar-refractivity contribution in [3.8, 4) is 5.75 Å². The minimum atomic E-state index is -1.06. The van der Waals surface area contributed by atoms with Crippen molar-refractivity contribution >= 4 is 34.8 Å². The van der Waals surface area contributed by atoms with Crippen LogP contribution in [0.4, 0.5) is 4.79 Å². The number of rotatable bonds is 12. The summed E-state index contributed by atoms with van der Waals surface area (Å²) in [7, 11) is 0. The van der Waals surface area contributed by atoms with E-state index in [1.165, 1.54) is 0 Å². The number of ether oxygens (including phenoxy) is 2. The number of benzene rings is 1. The molecule has 1 aliphatic rings. The molecule has 186 valence electrons. The van der Waals surface area contributed by atoms with E-state index in [9.17, 15) is 19.2 Å². The van der Waals surface area contributed by atoms with Crippen LogP contribution in [0.25, 0.3) is 0 Å². The number of nitrogens with zero attached hydrogens (tertiary/aromatic N) is 1. The van der Waals surface area contributed by atoms with Crippen LogP contribution >= 0.6 is 11.8 Å². The lowest BCUT2D eigenvalue weighted by Crippen LogP contribution is -2.35. The SMILES string of the molecule is CCc1ccc(C(COC(=O)CCC(=O)O)COc2ccc(CC3(C)SC(=O)NC3=O)cc2)cn1. The van der Waals surface area contributed by atoms with Crippen molar-refractivity contribution in [3.63, 3.8) is 0 Å². The molecule has 2 unspecified atom stereocenters. The lowest BCUT2D eigenvalue weighted by atomic mass is 9.99. The molecule has 0 bridgehead atoms. The predicted octanol–water partition coefficient (Wildman–Crippen LogP) is 3.50. The Balaban J connectivity index is 1.62. The number of imide groups is 1. The van der Waals surface area contributed by atoms with Crippen molar-refractivity contribution in [2.24, 2.45) is 0 Å². The van der Waals surface area contributed by atoms with Crippen molar-refractivity contribution in [2.45, 2.75) is 50.2 Å². The number of nitrogens with one attached hydrogen (secondary N) is 1. The van der Waals surface area contributed by atoms with Gasteiger partial charge in [-0.15, -0.1) is 0 Å². The number of aryl methyl sites for hydroxylation is 1. The lowest BCUT2D eigenvalue weighted by molar-refractivity contribution is -0.148. The normalized spacial score (nSPS) is 18.1. The Hall–Kier alpha value is -3.40. The molecular weight excluding hydrogens is 472 g/mol.